The van der Waals surface area contributed by atoms with Gasteiger partial charge in [-0.1, -0.05) is 5.29 Å². The molecule has 0 bridgehead atoms. The molecule has 2 saturated heterocycles. The highest BCUT2D eigenvalue weighted by Gasteiger charge is 2.38. The number of hydrogen-bond acceptors (Lipinski definition) is 2. The second-order valence-electron chi connectivity index (χ2n) is 2.74. The Bertz CT molecular complexity index is 200. The van der Waals surface area contributed by atoms with Crippen LogP contribution in [0.2, 0.25) is 0 Å². The molecular formula is C6H10NOPS. The standard InChI is InChI=1S/C6H10NOPS/c8-5-1-6-7(5)2-4(9)3-10-6/h6H,1-3H2,9H3/t6-/m1/s1. The molecule has 2 nitrogen and oxygen atoms in total. The highest BCUT2D eigenvalue weighted by molar-refractivity contribution is 8.01. The number of carbonyl (C=O) groups excluding carboxylic acids is 1. The molecule has 56 valence electrons. The zero-order valence-corrected chi connectivity index (χ0v) is 7.90. The van der Waals surface area contributed by atoms with E-state index in [0.29, 0.717) is 11.3 Å². The first-order valence-corrected chi connectivity index (χ1v) is 5.10. The van der Waals surface area contributed by atoms with E-state index in [-0.39, 0.29) is 0 Å². The minimum atomic E-state index is 0.335. The molecule has 2 fully saturated rings. The predicted molar refractivity (Wildman–Crippen MR) is 48.7 cm³/mol. The largest absolute Gasteiger partial charge is 0.326 e. The first kappa shape index (κ1) is 6.81. The van der Waals surface area contributed by atoms with E-state index in [1.54, 1.807) is 0 Å². The Morgan fingerprint density at radius 2 is 2.50 bits per heavy atom. The maximum Gasteiger partial charge on any atom is 0.226 e. The number of fused-ring (bicyclic) bond motifs is 1. The lowest BCUT2D eigenvalue weighted by Gasteiger charge is -2.43. The highest BCUT2D eigenvalue weighted by atomic mass is 32.2. The van der Waals surface area contributed by atoms with E-state index >= 15 is 0 Å². The molecule has 2 aliphatic rings. The van der Waals surface area contributed by atoms with Crippen molar-refractivity contribution in [3.8, 4) is 0 Å². The van der Waals surface area contributed by atoms with Gasteiger partial charge in [0.1, 0.15) is 0 Å². The zero-order valence-electron chi connectivity index (χ0n) is 5.67. The van der Waals surface area contributed by atoms with Crippen molar-refractivity contribution in [3.63, 3.8) is 0 Å². The highest BCUT2D eigenvalue weighted by Crippen LogP contribution is 2.32. The lowest BCUT2D eigenvalue weighted by atomic mass is 10.2. The van der Waals surface area contributed by atoms with Crippen LogP contribution in [0.25, 0.3) is 0 Å². The van der Waals surface area contributed by atoms with Crippen molar-refractivity contribution in [2.75, 3.05) is 12.3 Å². The number of carbonyl (C=O) groups is 1. The molecule has 0 aromatic carbocycles. The van der Waals surface area contributed by atoms with Gasteiger partial charge in [0, 0.05) is 12.3 Å². The SMILES string of the molecule is O=C1C[C@H]2SCC(=[PH3])CN12. The molecule has 2 aliphatic heterocycles. The number of amides is 1. The molecule has 0 radical (unpaired) electrons. The third-order valence-electron chi connectivity index (χ3n) is 1.89. The molecule has 2 heterocycles. The third-order valence-corrected chi connectivity index (χ3v) is 4.11. The van der Waals surface area contributed by atoms with Crippen molar-refractivity contribution >= 4 is 31.8 Å². The molecule has 4 heteroatoms. The molecular weight excluding hydrogens is 165 g/mol. The van der Waals surface area contributed by atoms with Gasteiger partial charge in [-0.3, -0.25) is 4.79 Å². The van der Waals surface area contributed by atoms with Crippen molar-refractivity contribution in [1.29, 1.82) is 0 Å². The Balaban J connectivity index is 2.07. The van der Waals surface area contributed by atoms with Gasteiger partial charge >= 0.3 is 0 Å². The molecule has 0 aromatic rings. The summed E-state index contributed by atoms with van der Waals surface area (Å²) >= 11 is 1.90. The normalized spacial score (nSPS) is 32.0. The van der Waals surface area contributed by atoms with Crippen molar-refractivity contribution in [2.45, 2.75) is 11.8 Å². The molecule has 1 unspecified atom stereocenters. The fraction of sp³-hybridized carbons (Fsp3) is 0.667. The maximum absolute atomic E-state index is 10.9. The van der Waals surface area contributed by atoms with Crippen LogP contribution < -0.4 is 0 Å². The summed E-state index contributed by atoms with van der Waals surface area (Å²) in [5.74, 6) is 1.49. The van der Waals surface area contributed by atoms with Gasteiger partial charge in [0.2, 0.25) is 5.91 Å². The van der Waals surface area contributed by atoms with Crippen LogP contribution in [0.4, 0.5) is 0 Å². The van der Waals surface area contributed by atoms with Crippen LogP contribution in [0.5, 0.6) is 0 Å². The summed E-state index contributed by atoms with van der Waals surface area (Å²) in [4.78, 5) is 12.9. The molecule has 0 aliphatic carbocycles. The van der Waals surface area contributed by atoms with Crippen molar-refractivity contribution in [3.05, 3.63) is 0 Å². The second kappa shape index (κ2) is 2.31. The summed E-state index contributed by atoms with van der Waals surface area (Å²) < 4.78 is 0. The molecule has 10 heavy (non-hydrogen) atoms. The van der Waals surface area contributed by atoms with E-state index in [4.69, 9.17) is 0 Å². The van der Waals surface area contributed by atoms with E-state index in [2.05, 4.69) is 0 Å². The second-order valence-corrected chi connectivity index (χ2v) is 4.91. The number of rotatable bonds is 0. The minimum Gasteiger partial charge on any atom is -0.326 e. The predicted octanol–water partition coefficient (Wildman–Crippen LogP) is 0.0714. The van der Waals surface area contributed by atoms with Gasteiger partial charge in [0.05, 0.1) is 11.8 Å². The maximum atomic E-state index is 10.9. The van der Waals surface area contributed by atoms with Crippen LogP contribution >= 0.6 is 20.6 Å². The molecule has 1 amide bonds. The first-order valence-electron chi connectivity index (χ1n) is 3.35. The van der Waals surface area contributed by atoms with Gasteiger partial charge in [-0.15, -0.1) is 20.6 Å². The van der Waals surface area contributed by atoms with E-state index in [9.17, 15) is 4.79 Å². The monoisotopic (exact) mass is 175 g/mol. The van der Waals surface area contributed by atoms with Crippen LogP contribution in [-0.4, -0.2) is 33.8 Å². The van der Waals surface area contributed by atoms with Gasteiger partial charge in [0.15, 0.2) is 0 Å². The topological polar surface area (TPSA) is 20.3 Å². The fourth-order valence-electron chi connectivity index (χ4n) is 1.26. The average Bonchev–Trinajstić information content (AvgIpc) is 1.92. The zero-order chi connectivity index (χ0) is 7.14. The van der Waals surface area contributed by atoms with Crippen molar-refractivity contribution in [1.82, 2.24) is 4.90 Å². The fourth-order valence-corrected chi connectivity index (χ4v) is 3.01. The molecule has 2 rings (SSSR count). The molecule has 0 spiro atoms. The van der Waals surface area contributed by atoms with Gasteiger partial charge in [-0.05, 0) is 0 Å². The van der Waals surface area contributed by atoms with Crippen LogP contribution in [0.3, 0.4) is 0 Å². The Kier molecular flexibility index (Phi) is 1.58. The van der Waals surface area contributed by atoms with E-state index in [1.807, 2.05) is 25.5 Å². The van der Waals surface area contributed by atoms with E-state index in [1.165, 1.54) is 5.29 Å². The summed E-state index contributed by atoms with van der Waals surface area (Å²) in [6, 6.07) is 0. The van der Waals surface area contributed by atoms with Crippen molar-refractivity contribution in [2.24, 2.45) is 0 Å². The van der Waals surface area contributed by atoms with Gasteiger partial charge in [0.25, 0.3) is 0 Å². The summed E-state index contributed by atoms with van der Waals surface area (Å²) in [7, 11) is 1.93. The minimum absolute atomic E-state index is 0.335. The van der Waals surface area contributed by atoms with Gasteiger partial charge in [-0.25, -0.2) is 0 Å². The van der Waals surface area contributed by atoms with Crippen LogP contribution in [0, 0.1) is 0 Å². The Morgan fingerprint density at radius 3 is 3.10 bits per heavy atom. The van der Waals surface area contributed by atoms with Crippen LogP contribution in [-0.2, 0) is 4.79 Å². The average molecular weight is 175 g/mol. The summed E-state index contributed by atoms with van der Waals surface area (Å²) in [6.45, 7) is 0.926. The Labute approximate surface area is 66.2 Å². The summed E-state index contributed by atoms with van der Waals surface area (Å²) in [5, 5.41) is 1.98. The quantitative estimate of drug-likeness (QED) is 0.383. The van der Waals surface area contributed by atoms with Crippen LogP contribution in [0.1, 0.15) is 6.42 Å². The molecule has 2 atom stereocenters. The molecule has 0 aromatic heterocycles. The Morgan fingerprint density at radius 1 is 1.70 bits per heavy atom. The molecule has 0 N–H and O–H groups in total. The summed E-state index contributed by atoms with van der Waals surface area (Å²) in [6.07, 6.45) is 0.779. The summed E-state index contributed by atoms with van der Waals surface area (Å²) in [5.41, 5.74) is 0. The lowest BCUT2D eigenvalue weighted by Crippen LogP contribution is -2.55. The van der Waals surface area contributed by atoms with E-state index < -0.39 is 0 Å². The number of nitrogens with zero attached hydrogens (tertiary/aromatic N) is 1. The lowest BCUT2D eigenvalue weighted by molar-refractivity contribution is -0.140. The smallest absolute Gasteiger partial charge is 0.226 e. The van der Waals surface area contributed by atoms with Crippen LogP contribution in [0.15, 0.2) is 0 Å². The Hall–Kier alpha value is 0.120. The number of β-lactam (4-membered cyclic amide) rings is 1. The third kappa shape index (κ3) is 0.923. The van der Waals surface area contributed by atoms with E-state index in [0.717, 1.165) is 18.7 Å². The van der Waals surface area contributed by atoms with Gasteiger partial charge < -0.3 is 4.90 Å². The number of hydrogen-bond donors (Lipinski definition) is 0. The number of thioether (sulfide) groups is 1. The van der Waals surface area contributed by atoms with Crippen molar-refractivity contribution < 1.29 is 4.79 Å². The first-order chi connectivity index (χ1) is 4.77. The molecule has 0 saturated carbocycles. The van der Waals surface area contributed by atoms with Gasteiger partial charge in [-0.2, -0.15) is 0 Å².